The Morgan fingerprint density at radius 3 is 1.20 bits per heavy atom. The predicted octanol–water partition coefficient (Wildman–Crippen LogP) is 13.0. The molecule has 51 heavy (non-hydrogen) atoms. The first-order valence-corrected chi connectivity index (χ1v) is 23.0. The van der Waals surface area contributed by atoms with Crippen LogP contribution in [0.2, 0.25) is 0 Å². The topological polar surface area (TPSA) is 119 Å². The number of phosphoric acid groups is 1. The molecule has 0 aromatic carbocycles. The van der Waals surface area contributed by atoms with Gasteiger partial charge in [0, 0.05) is 12.8 Å². The highest BCUT2D eigenvalue weighted by molar-refractivity contribution is 7.46. The van der Waals surface area contributed by atoms with Crippen LogP contribution in [0.3, 0.4) is 0 Å². The number of esters is 2. The third kappa shape index (κ3) is 41.4. The Bertz CT molecular complexity index is 843. The van der Waals surface area contributed by atoms with Gasteiger partial charge in [0.25, 0.3) is 0 Å². The SMILES string of the molecule is CCCCCCCC/C=C\CCCCCCCCCC(=O)OC[C@H](COP(=O)(O)O)OC(=O)CCCCCCCCCCCCCCCCCC. The lowest BCUT2D eigenvalue weighted by molar-refractivity contribution is -0.161. The van der Waals surface area contributed by atoms with E-state index in [0.717, 1.165) is 44.9 Å². The quantitative estimate of drug-likeness (QED) is 0.0275. The van der Waals surface area contributed by atoms with E-state index in [1.54, 1.807) is 0 Å². The molecule has 0 aromatic heterocycles. The predicted molar refractivity (Wildman–Crippen MR) is 212 cm³/mol. The summed E-state index contributed by atoms with van der Waals surface area (Å²) in [7, 11) is -4.75. The first-order valence-electron chi connectivity index (χ1n) is 21.5. The number of ether oxygens (including phenoxy) is 2. The molecule has 8 nitrogen and oxygen atoms in total. The van der Waals surface area contributed by atoms with Gasteiger partial charge < -0.3 is 19.3 Å². The highest BCUT2D eigenvalue weighted by atomic mass is 31.2. The number of carbonyl (C=O) groups is 2. The van der Waals surface area contributed by atoms with Gasteiger partial charge >= 0.3 is 19.8 Å². The molecule has 0 saturated carbocycles. The first kappa shape index (κ1) is 49.8. The smallest absolute Gasteiger partial charge is 0.462 e. The van der Waals surface area contributed by atoms with Crippen LogP contribution in [0.15, 0.2) is 12.2 Å². The van der Waals surface area contributed by atoms with E-state index in [9.17, 15) is 14.2 Å². The molecule has 9 heteroatoms. The van der Waals surface area contributed by atoms with Crippen LogP contribution in [0.1, 0.15) is 226 Å². The maximum Gasteiger partial charge on any atom is 0.469 e. The summed E-state index contributed by atoms with van der Waals surface area (Å²) in [5, 5.41) is 0. The van der Waals surface area contributed by atoms with Crippen LogP contribution in [-0.2, 0) is 28.2 Å². The van der Waals surface area contributed by atoms with E-state index >= 15 is 0 Å². The summed E-state index contributed by atoms with van der Waals surface area (Å²) < 4.78 is 26.4. The minimum Gasteiger partial charge on any atom is -0.462 e. The minimum atomic E-state index is -4.75. The van der Waals surface area contributed by atoms with Crippen molar-refractivity contribution >= 4 is 19.8 Å². The number of carbonyl (C=O) groups excluding carboxylic acids is 2. The summed E-state index contributed by atoms with van der Waals surface area (Å²) in [6.45, 7) is 3.70. The Hall–Kier alpha value is -1.21. The Morgan fingerprint density at radius 2 is 0.824 bits per heavy atom. The molecule has 0 aliphatic rings. The molecule has 2 N–H and O–H groups in total. The summed E-state index contributed by atoms with van der Waals surface area (Å²) in [6, 6.07) is 0. The molecule has 302 valence electrons. The van der Waals surface area contributed by atoms with Gasteiger partial charge in [0.15, 0.2) is 6.10 Å². The van der Waals surface area contributed by atoms with Gasteiger partial charge in [-0.2, -0.15) is 0 Å². The zero-order valence-electron chi connectivity index (χ0n) is 33.3. The molecule has 0 bridgehead atoms. The van der Waals surface area contributed by atoms with Crippen molar-refractivity contribution in [1.29, 1.82) is 0 Å². The van der Waals surface area contributed by atoms with Crippen molar-refractivity contribution < 1.29 is 37.9 Å². The fourth-order valence-electron chi connectivity index (χ4n) is 6.31. The van der Waals surface area contributed by atoms with Crippen molar-refractivity contribution in [2.45, 2.75) is 232 Å². The van der Waals surface area contributed by atoms with Crippen LogP contribution in [0.25, 0.3) is 0 Å². The Kier molecular flexibility index (Phi) is 37.6. The highest BCUT2D eigenvalue weighted by Crippen LogP contribution is 2.36. The lowest BCUT2D eigenvalue weighted by atomic mass is 10.0. The lowest BCUT2D eigenvalue weighted by Gasteiger charge is -2.18. The number of hydrogen-bond donors (Lipinski definition) is 2. The van der Waals surface area contributed by atoms with Crippen LogP contribution in [0, 0.1) is 0 Å². The van der Waals surface area contributed by atoms with Crippen molar-refractivity contribution in [2.24, 2.45) is 0 Å². The molecule has 0 heterocycles. The van der Waals surface area contributed by atoms with Gasteiger partial charge in [0.05, 0.1) is 6.61 Å². The molecular weight excluding hydrogens is 663 g/mol. The Balaban J connectivity index is 3.88. The van der Waals surface area contributed by atoms with E-state index in [4.69, 9.17) is 19.3 Å². The van der Waals surface area contributed by atoms with Crippen molar-refractivity contribution in [1.82, 2.24) is 0 Å². The van der Waals surface area contributed by atoms with Gasteiger partial charge in [-0.05, 0) is 38.5 Å². The fourth-order valence-corrected chi connectivity index (χ4v) is 6.67. The Morgan fingerprint density at radius 1 is 0.490 bits per heavy atom. The third-order valence-corrected chi connectivity index (χ3v) is 10.0. The molecule has 0 rings (SSSR count). The number of hydrogen-bond acceptors (Lipinski definition) is 6. The second kappa shape index (κ2) is 38.5. The zero-order valence-corrected chi connectivity index (χ0v) is 34.2. The lowest BCUT2D eigenvalue weighted by Crippen LogP contribution is -2.29. The van der Waals surface area contributed by atoms with Crippen LogP contribution in [-0.4, -0.2) is 41.0 Å². The second-order valence-corrected chi connectivity index (χ2v) is 15.9. The molecule has 0 aromatic rings. The van der Waals surface area contributed by atoms with Gasteiger partial charge in [0.2, 0.25) is 0 Å². The normalized spacial score (nSPS) is 12.5. The van der Waals surface area contributed by atoms with E-state index in [1.165, 1.54) is 148 Å². The van der Waals surface area contributed by atoms with Crippen LogP contribution in [0.5, 0.6) is 0 Å². The van der Waals surface area contributed by atoms with Crippen molar-refractivity contribution in [3.63, 3.8) is 0 Å². The largest absolute Gasteiger partial charge is 0.469 e. The molecule has 0 amide bonds. The molecule has 0 saturated heterocycles. The van der Waals surface area contributed by atoms with Crippen molar-refractivity contribution in [3.05, 3.63) is 12.2 Å². The minimum absolute atomic E-state index is 0.217. The van der Waals surface area contributed by atoms with Crippen LogP contribution in [0.4, 0.5) is 0 Å². The maximum atomic E-state index is 12.4. The molecule has 0 aliphatic heterocycles. The highest BCUT2D eigenvalue weighted by Gasteiger charge is 2.22. The van der Waals surface area contributed by atoms with Gasteiger partial charge in [0.1, 0.15) is 6.61 Å². The monoisotopic (exact) mass is 745 g/mol. The van der Waals surface area contributed by atoms with Crippen LogP contribution < -0.4 is 0 Å². The van der Waals surface area contributed by atoms with Gasteiger partial charge in [-0.3, -0.25) is 14.1 Å². The van der Waals surface area contributed by atoms with E-state index in [2.05, 4.69) is 30.5 Å². The molecule has 1 atom stereocenters. The van der Waals surface area contributed by atoms with Gasteiger partial charge in [-0.15, -0.1) is 0 Å². The van der Waals surface area contributed by atoms with Crippen molar-refractivity contribution in [2.75, 3.05) is 13.2 Å². The fraction of sp³-hybridized carbons (Fsp3) is 0.905. The molecule has 0 aliphatic carbocycles. The molecule has 0 unspecified atom stereocenters. The van der Waals surface area contributed by atoms with Gasteiger partial charge in [-0.25, -0.2) is 4.57 Å². The Labute approximate surface area is 314 Å². The average Bonchev–Trinajstić information content (AvgIpc) is 3.10. The van der Waals surface area contributed by atoms with E-state index in [0.29, 0.717) is 6.42 Å². The molecule has 0 spiro atoms. The zero-order chi connectivity index (χ0) is 37.5. The van der Waals surface area contributed by atoms with Crippen molar-refractivity contribution in [3.8, 4) is 0 Å². The summed E-state index contributed by atoms with van der Waals surface area (Å²) in [5.41, 5.74) is 0. The third-order valence-electron chi connectivity index (χ3n) is 9.53. The standard InChI is InChI=1S/C42H81O8P/c1-3-5-7-9-11-13-15-17-19-21-23-24-26-28-30-32-34-36-41(43)48-38-40(39-49-51(45,46)47)50-42(44)37-35-33-31-29-27-25-22-20-18-16-14-12-10-8-6-4-2/h17,19,40H,3-16,18,20-39H2,1-2H3,(H2,45,46,47)/b19-17-/t40-/m1/s1. The summed E-state index contributed by atoms with van der Waals surface area (Å²) in [6.07, 6.45) is 42.1. The van der Waals surface area contributed by atoms with E-state index in [1.807, 2.05) is 0 Å². The number of unbranched alkanes of at least 4 members (excludes halogenated alkanes) is 28. The summed E-state index contributed by atoms with van der Waals surface area (Å²) in [5.74, 6) is -0.877. The number of allylic oxidation sites excluding steroid dienone is 2. The summed E-state index contributed by atoms with van der Waals surface area (Å²) in [4.78, 5) is 42.9. The van der Waals surface area contributed by atoms with Crippen LogP contribution >= 0.6 is 7.82 Å². The molecular formula is C42H81O8P. The van der Waals surface area contributed by atoms with E-state index in [-0.39, 0.29) is 19.4 Å². The second-order valence-electron chi connectivity index (χ2n) is 14.7. The van der Waals surface area contributed by atoms with E-state index < -0.39 is 32.5 Å². The molecule has 0 radical (unpaired) electrons. The first-order chi connectivity index (χ1) is 24.8. The molecule has 0 fully saturated rings. The van der Waals surface area contributed by atoms with Gasteiger partial charge in [-0.1, -0.05) is 187 Å². The summed E-state index contributed by atoms with van der Waals surface area (Å²) >= 11 is 0. The number of rotatable bonds is 40. The average molecular weight is 745 g/mol. The number of phosphoric ester groups is 1. The maximum absolute atomic E-state index is 12.4.